The molecule has 4 nitrogen and oxygen atoms in total. The molecule has 2 aromatic rings. The molecule has 2 N–H and O–H groups in total. The van der Waals surface area contributed by atoms with Gasteiger partial charge in [0.2, 0.25) is 0 Å². The van der Waals surface area contributed by atoms with Gasteiger partial charge in [0.15, 0.2) is 0 Å². The number of anilines is 1. The van der Waals surface area contributed by atoms with Crippen molar-refractivity contribution in [2.45, 2.75) is 6.54 Å². The van der Waals surface area contributed by atoms with Crippen LogP contribution in [0.1, 0.15) is 15.9 Å². The number of nitrogens with one attached hydrogen (secondary N) is 1. The van der Waals surface area contributed by atoms with E-state index in [1.807, 2.05) is 24.3 Å². The van der Waals surface area contributed by atoms with E-state index in [4.69, 9.17) is 9.84 Å². The minimum absolute atomic E-state index is 0.293. The third-order valence-corrected chi connectivity index (χ3v) is 2.79. The first-order valence-electron chi connectivity index (χ1n) is 5.90. The lowest BCUT2D eigenvalue weighted by molar-refractivity contribution is 0.0697. The van der Waals surface area contributed by atoms with E-state index in [2.05, 4.69) is 5.32 Å². The molecule has 2 rings (SSSR count). The number of rotatable bonds is 5. The van der Waals surface area contributed by atoms with Crippen molar-refractivity contribution < 1.29 is 14.6 Å². The normalized spacial score (nSPS) is 9.95. The third-order valence-electron chi connectivity index (χ3n) is 2.79. The Morgan fingerprint density at radius 3 is 2.47 bits per heavy atom. The van der Waals surface area contributed by atoms with E-state index in [0.717, 1.165) is 17.0 Å². The maximum Gasteiger partial charge on any atom is 0.335 e. The summed E-state index contributed by atoms with van der Waals surface area (Å²) < 4.78 is 5.24. The molecule has 0 unspecified atom stereocenters. The monoisotopic (exact) mass is 257 g/mol. The second kappa shape index (κ2) is 5.91. The first kappa shape index (κ1) is 13.0. The van der Waals surface area contributed by atoms with Crippen molar-refractivity contribution in [2.24, 2.45) is 0 Å². The summed E-state index contributed by atoms with van der Waals surface area (Å²) in [7, 11) is 1.63. The van der Waals surface area contributed by atoms with Gasteiger partial charge in [-0.2, -0.15) is 0 Å². The van der Waals surface area contributed by atoms with Crippen molar-refractivity contribution >= 4 is 11.7 Å². The molecular formula is C15H15NO3. The van der Waals surface area contributed by atoms with E-state index >= 15 is 0 Å². The molecule has 4 heteroatoms. The maximum atomic E-state index is 10.7. The van der Waals surface area contributed by atoms with Crippen LogP contribution in [0.4, 0.5) is 5.69 Å². The fourth-order valence-electron chi connectivity index (χ4n) is 1.75. The third kappa shape index (κ3) is 3.25. The molecule has 0 aliphatic heterocycles. The van der Waals surface area contributed by atoms with Gasteiger partial charge in [-0.25, -0.2) is 4.79 Å². The number of hydrogen-bond donors (Lipinski definition) is 2. The van der Waals surface area contributed by atoms with Gasteiger partial charge in [-0.1, -0.05) is 24.3 Å². The van der Waals surface area contributed by atoms with Gasteiger partial charge in [-0.15, -0.1) is 0 Å². The molecule has 2 aromatic carbocycles. The predicted octanol–water partition coefficient (Wildman–Crippen LogP) is 3.01. The number of carbonyl (C=O) groups is 1. The Labute approximate surface area is 111 Å². The largest absolute Gasteiger partial charge is 0.495 e. The zero-order chi connectivity index (χ0) is 13.7. The average molecular weight is 257 g/mol. The Bertz CT molecular complexity index is 564. The van der Waals surface area contributed by atoms with Crippen LogP contribution in [-0.2, 0) is 6.54 Å². The molecule has 0 spiro atoms. The highest BCUT2D eigenvalue weighted by Crippen LogP contribution is 2.23. The van der Waals surface area contributed by atoms with E-state index < -0.39 is 5.97 Å². The van der Waals surface area contributed by atoms with Gasteiger partial charge < -0.3 is 15.2 Å². The summed E-state index contributed by atoms with van der Waals surface area (Å²) in [5, 5.41) is 12.1. The molecule has 0 radical (unpaired) electrons. The van der Waals surface area contributed by atoms with Crippen molar-refractivity contribution in [3.05, 3.63) is 59.7 Å². The standard InChI is InChI=1S/C15H15NO3/c1-19-14-5-3-2-4-13(14)16-10-11-6-8-12(9-7-11)15(17)18/h2-9,16H,10H2,1H3,(H,17,18). The van der Waals surface area contributed by atoms with Crippen molar-refractivity contribution in [1.82, 2.24) is 0 Å². The number of aromatic carboxylic acids is 1. The quantitative estimate of drug-likeness (QED) is 0.864. The molecule has 0 aromatic heterocycles. The van der Waals surface area contributed by atoms with E-state index in [1.165, 1.54) is 0 Å². The van der Waals surface area contributed by atoms with Crippen LogP contribution >= 0.6 is 0 Å². The zero-order valence-electron chi connectivity index (χ0n) is 10.6. The summed E-state index contributed by atoms with van der Waals surface area (Å²) in [5.74, 6) is -0.131. The Balaban J connectivity index is 2.04. The maximum absolute atomic E-state index is 10.7. The highest BCUT2D eigenvalue weighted by Gasteiger charge is 2.03. The minimum Gasteiger partial charge on any atom is -0.495 e. The first-order valence-corrected chi connectivity index (χ1v) is 5.90. The van der Waals surface area contributed by atoms with Crippen molar-refractivity contribution in [3.63, 3.8) is 0 Å². The van der Waals surface area contributed by atoms with E-state index in [0.29, 0.717) is 12.1 Å². The number of benzene rings is 2. The number of para-hydroxylation sites is 2. The summed E-state index contributed by atoms with van der Waals surface area (Å²) in [4.78, 5) is 10.7. The van der Waals surface area contributed by atoms with Crippen LogP contribution in [0.15, 0.2) is 48.5 Å². The molecule has 0 fully saturated rings. The summed E-state index contributed by atoms with van der Waals surface area (Å²) in [6.07, 6.45) is 0. The highest BCUT2D eigenvalue weighted by molar-refractivity contribution is 5.87. The van der Waals surface area contributed by atoms with E-state index in [9.17, 15) is 4.79 Å². The lowest BCUT2D eigenvalue weighted by Crippen LogP contribution is -2.02. The molecule has 0 aliphatic carbocycles. The predicted molar refractivity (Wildman–Crippen MR) is 73.7 cm³/mol. The van der Waals surface area contributed by atoms with Crippen LogP contribution in [-0.4, -0.2) is 18.2 Å². The molecule has 0 saturated heterocycles. The van der Waals surface area contributed by atoms with Crippen LogP contribution in [0, 0.1) is 0 Å². The molecule has 98 valence electrons. The fraction of sp³-hybridized carbons (Fsp3) is 0.133. The number of carboxylic acids is 1. The molecule has 0 atom stereocenters. The van der Waals surface area contributed by atoms with Gasteiger partial charge in [0, 0.05) is 6.54 Å². The van der Waals surface area contributed by atoms with Gasteiger partial charge in [-0.05, 0) is 29.8 Å². The first-order chi connectivity index (χ1) is 9.20. The van der Waals surface area contributed by atoms with Gasteiger partial charge in [0.05, 0.1) is 18.4 Å². The molecular weight excluding hydrogens is 242 g/mol. The van der Waals surface area contributed by atoms with Crippen LogP contribution < -0.4 is 10.1 Å². The van der Waals surface area contributed by atoms with Crippen LogP contribution in [0.2, 0.25) is 0 Å². The van der Waals surface area contributed by atoms with Gasteiger partial charge >= 0.3 is 5.97 Å². The fourth-order valence-corrected chi connectivity index (χ4v) is 1.75. The number of methoxy groups -OCH3 is 1. The Hall–Kier alpha value is -2.49. The van der Waals surface area contributed by atoms with Gasteiger partial charge in [-0.3, -0.25) is 0 Å². The molecule has 0 bridgehead atoms. The van der Waals surface area contributed by atoms with Crippen molar-refractivity contribution in [2.75, 3.05) is 12.4 Å². The number of carboxylic acid groups (broad SMARTS) is 1. The lowest BCUT2D eigenvalue weighted by atomic mass is 10.1. The SMILES string of the molecule is COc1ccccc1NCc1ccc(C(=O)O)cc1. The van der Waals surface area contributed by atoms with Crippen LogP contribution in [0.25, 0.3) is 0 Å². The molecule has 19 heavy (non-hydrogen) atoms. The zero-order valence-corrected chi connectivity index (χ0v) is 10.6. The van der Waals surface area contributed by atoms with Crippen molar-refractivity contribution in [1.29, 1.82) is 0 Å². The molecule has 0 amide bonds. The minimum atomic E-state index is -0.913. The van der Waals surface area contributed by atoms with Crippen LogP contribution in [0.5, 0.6) is 5.75 Å². The van der Waals surface area contributed by atoms with Gasteiger partial charge in [0.25, 0.3) is 0 Å². The smallest absolute Gasteiger partial charge is 0.335 e. The van der Waals surface area contributed by atoms with E-state index in [1.54, 1.807) is 31.4 Å². The lowest BCUT2D eigenvalue weighted by Gasteiger charge is -2.10. The topological polar surface area (TPSA) is 58.6 Å². The molecule has 0 saturated carbocycles. The highest BCUT2D eigenvalue weighted by atomic mass is 16.5. The van der Waals surface area contributed by atoms with Crippen molar-refractivity contribution in [3.8, 4) is 5.75 Å². The number of ether oxygens (including phenoxy) is 1. The average Bonchev–Trinajstić information content (AvgIpc) is 2.45. The Morgan fingerprint density at radius 1 is 1.16 bits per heavy atom. The Morgan fingerprint density at radius 2 is 1.84 bits per heavy atom. The summed E-state index contributed by atoms with van der Waals surface area (Å²) >= 11 is 0. The second-order valence-electron chi connectivity index (χ2n) is 4.06. The number of hydrogen-bond acceptors (Lipinski definition) is 3. The summed E-state index contributed by atoms with van der Waals surface area (Å²) in [6.45, 7) is 0.611. The summed E-state index contributed by atoms with van der Waals surface area (Å²) in [5.41, 5.74) is 2.21. The summed E-state index contributed by atoms with van der Waals surface area (Å²) in [6, 6.07) is 14.4. The molecule has 0 heterocycles. The second-order valence-corrected chi connectivity index (χ2v) is 4.06. The van der Waals surface area contributed by atoms with E-state index in [-0.39, 0.29) is 0 Å². The van der Waals surface area contributed by atoms with Gasteiger partial charge in [0.1, 0.15) is 5.75 Å². The Kier molecular flexibility index (Phi) is 4.03. The van der Waals surface area contributed by atoms with Crippen LogP contribution in [0.3, 0.4) is 0 Å². The molecule has 0 aliphatic rings.